The van der Waals surface area contributed by atoms with Crippen LogP contribution < -0.4 is 15.8 Å². The Labute approximate surface area is 176 Å². The molecule has 1 fully saturated rings. The molecular formula is C24H28N4O2. The van der Waals surface area contributed by atoms with E-state index in [2.05, 4.69) is 12.2 Å². The number of nitrogens with one attached hydrogen (secondary N) is 1. The van der Waals surface area contributed by atoms with Gasteiger partial charge in [0.1, 0.15) is 0 Å². The van der Waals surface area contributed by atoms with Crippen LogP contribution in [-0.2, 0) is 11.3 Å². The van der Waals surface area contributed by atoms with Crippen LogP contribution >= 0.6 is 0 Å². The Balaban J connectivity index is 1.62. The van der Waals surface area contributed by atoms with Gasteiger partial charge in [-0.15, -0.1) is 0 Å². The van der Waals surface area contributed by atoms with Gasteiger partial charge in [-0.05, 0) is 37.0 Å². The normalized spacial score (nSPS) is 14.8. The van der Waals surface area contributed by atoms with Crippen molar-refractivity contribution in [3.05, 3.63) is 70.5 Å². The molecule has 3 aromatic rings. The van der Waals surface area contributed by atoms with Gasteiger partial charge in [-0.25, -0.2) is 4.98 Å². The number of anilines is 1. The molecule has 1 N–H and O–H groups in total. The summed E-state index contributed by atoms with van der Waals surface area (Å²) < 4.78 is 1.81. The van der Waals surface area contributed by atoms with Crippen LogP contribution in [0.4, 0.5) is 5.82 Å². The molecule has 1 aromatic heterocycles. The summed E-state index contributed by atoms with van der Waals surface area (Å²) >= 11 is 0. The summed E-state index contributed by atoms with van der Waals surface area (Å²) in [6.45, 7) is 4.60. The van der Waals surface area contributed by atoms with Gasteiger partial charge in [0, 0.05) is 25.6 Å². The van der Waals surface area contributed by atoms with Gasteiger partial charge in [0.15, 0.2) is 5.82 Å². The number of carbonyl (C=O) groups is 1. The summed E-state index contributed by atoms with van der Waals surface area (Å²) in [5, 5.41) is 2.99. The highest BCUT2D eigenvalue weighted by Gasteiger charge is 2.27. The molecule has 0 atom stereocenters. The van der Waals surface area contributed by atoms with E-state index in [1.54, 1.807) is 0 Å². The minimum atomic E-state index is -0.0774. The van der Waals surface area contributed by atoms with E-state index >= 15 is 0 Å². The Morgan fingerprint density at radius 3 is 2.50 bits per heavy atom. The summed E-state index contributed by atoms with van der Waals surface area (Å²) in [6, 6.07) is 17.8. The molecule has 1 aliphatic heterocycles. The van der Waals surface area contributed by atoms with Crippen LogP contribution in [0.25, 0.3) is 11.0 Å². The Bertz CT molecular complexity index is 1070. The average Bonchev–Trinajstić information content (AvgIpc) is 2.80. The molecule has 2 heterocycles. The highest BCUT2D eigenvalue weighted by Crippen LogP contribution is 2.22. The van der Waals surface area contributed by atoms with E-state index < -0.39 is 0 Å². The number of para-hydroxylation sites is 2. The van der Waals surface area contributed by atoms with Crippen molar-refractivity contribution >= 4 is 22.8 Å². The Morgan fingerprint density at radius 2 is 1.77 bits per heavy atom. The molecule has 1 saturated heterocycles. The fraction of sp³-hybridized carbons (Fsp3) is 0.375. The van der Waals surface area contributed by atoms with Gasteiger partial charge >= 0.3 is 0 Å². The van der Waals surface area contributed by atoms with E-state index in [1.165, 1.54) is 0 Å². The van der Waals surface area contributed by atoms with Crippen molar-refractivity contribution in [2.24, 2.45) is 5.92 Å². The quantitative estimate of drug-likeness (QED) is 0.685. The molecule has 0 radical (unpaired) electrons. The zero-order valence-electron chi connectivity index (χ0n) is 17.4. The minimum absolute atomic E-state index is 0.0137. The third-order valence-corrected chi connectivity index (χ3v) is 5.73. The van der Waals surface area contributed by atoms with Gasteiger partial charge in [-0.1, -0.05) is 49.4 Å². The van der Waals surface area contributed by atoms with Crippen LogP contribution in [0.1, 0.15) is 31.7 Å². The van der Waals surface area contributed by atoms with Crippen molar-refractivity contribution in [2.45, 2.75) is 32.7 Å². The molecule has 1 amide bonds. The zero-order valence-corrected chi connectivity index (χ0v) is 17.4. The summed E-state index contributed by atoms with van der Waals surface area (Å²) in [4.78, 5) is 32.5. The number of aromatic nitrogens is 2. The Morgan fingerprint density at radius 1 is 1.07 bits per heavy atom. The first kappa shape index (κ1) is 20.1. The third-order valence-electron chi connectivity index (χ3n) is 5.73. The maximum atomic E-state index is 13.4. The van der Waals surface area contributed by atoms with Crippen LogP contribution in [0.3, 0.4) is 0 Å². The SMILES string of the molecule is CCCNC(=O)C1CCN(c2nc3ccccc3n(Cc3ccccc3)c2=O)CC1. The van der Waals surface area contributed by atoms with E-state index in [1.807, 2.05) is 64.1 Å². The maximum Gasteiger partial charge on any atom is 0.294 e. The number of amides is 1. The summed E-state index contributed by atoms with van der Waals surface area (Å²) in [6.07, 6.45) is 2.41. The van der Waals surface area contributed by atoms with Crippen molar-refractivity contribution < 1.29 is 4.79 Å². The Hall–Kier alpha value is -3.15. The average molecular weight is 405 g/mol. The molecule has 1 aliphatic rings. The number of fused-ring (bicyclic) bond motifs is 1. The van der Waals surface area contributed by atoms with Gasteiger partial charge in [0.05, 0.1) is 17.6 Å². The molecule has 156 valence electrons. The van der Waals surface area contributed by atoms with Crippen LogP contribution in [0, 0.1) is 5.92 Å². The Kier molecular flexibility index (Phi) is 6.12. The molecule has 6 heteroatoms. The van der Waals surface area contributed by atoms with Crippen molar-refractivity contribution in [2.75, 3.05) is 24.5 Å². The van der Waals surface area contributed by atoms with Crippen molar-refractivity contribution in [3.63, 3.8) is 0 Å². The third kappa shape index (κ3) is 4.22. The second kappa shape index (κ2) is 9.11. The molecule has 0 aliphatic carbocycles. The molecule has 6 nitrogen and oxygen atoms in total. The van der Waals surface area contributed by atoms with Crippen LogP contribution in [-0.4, -0.2) is 35.1 Å². The van der Waals surface area contributed by atoms with Crippen LogP contribution in [0.15, 0.2) is 59.4 Å². The lowest BCUT2D eigenvalue weighted by Gasteiger charge is -2.32. The van der Waals surface area contributed by atoms with E-state index in [4.69, 9.17) is 4.98 Å². The highest BCUT2D eigenvalue weighted by atomic mass is 16.2. The molecule has 2 aromatic carbocycles. The maximum absolute atomic E-state index is 13.4. The summed E-state index contributed by atoms with van der Waals surface area (Å²) in [5.74, 6) is 0.626. The first-order valence-corrected chi connectivity index (χ1v) is 10.7. The van der Waals surface area contributed by atoms with Crippen LogP contribution in [0.2, 0.25) is 0 Å². The first-order chi connectivity index (χ1) is 14.7. The van der Waals surface area contributed by atoms with E-state index in [-0.39, 0.29) is 17.4 Å². The fourth-order valence-electron chi connectivity index (χ4n) is 4.05. The number of hydrogen-bond donors (Lipinski definition) is 1. The standard InChI is InChI=1S/C24H28N4O2/c1-2-14-25-23(29)19-12-15-27(16-13-19)22-24(30)28(17-18-8-4-3-5-9-18)21-11-7-6-10-20(21)26-22/h3-11,19H,2,12-17H2,1H3,(H,25,29). The van der Waals surface area contributed by atoms with Crippen molar-refractivity contribution in [1.29, 1.82) is 0 Å². The molecule has 30 heavy (non-hydrogen) atoms. The predicted molar refractivity (Wildman–Crippen MR) is 120 cm³/mol. The molecular weight excluding hydrogens is 376 g/mol. The van der Waals surface area contributed by atoms with Gasteiger partial charge in [0.2, 0.25) is 5.91 Å². The molecule has 0 bridgehead atoms. The number of rotatable bonds is 6. The number of nitrogens with zero attached hydrogens (tertiary/aromatic N) is 3. The lowest BCUT2D eigenvalue weighted by atomic mass is 9.96. The first-order valence-electron chi connectivity index (χ1n) is 10.7. The number of benzene rings is 2. The molecule has 0 saturated carbocycles. The molecule has 0 spiro atoms. The van der Waals surface area contributed by atoms with Crippen molar-refractivity contribution in [1.82, 2.24) is 14.9 Å². The molecule has 4 rings (SSSR count). The highest BCUT2D eigenvalue weighted by molar-refractivity contribution is 5.79. The van der Waals surface area contributed by atoms with E-state index in [0.29, 0.717) is 25.5 Å². The van der Waals surface area contributed by atoms with Gasteiger partial charge in [0.25, 0.3) is 5.56 Å². The lowest BCUT2D eigenvalue weighted by Crippen LogP contribution is -2.43. The van der Waals surface area contributed by atoms with Crippen LogP contribution in [0.5, 0.6) is 0 Å². The van der Waals surface area contributed by atoms with E-state index in [9.17, 15) is 9.59 Å². The lowest BCUT2D eigenvalue weighted by molar-refractivity contribution is -0.125. The number of piperidine rings is 1. The monoisotopic (exact) mass is 404 g/mol. The van der Waals surface area contributed by atoms with Gasteiger partial charge < -0.3 is 10.2 Å². The number of hydrogen-bond acceptors (Lipinski definition) is 4. The van der Waals surface area contributed by atoms with Gasteiger partial charge in [-0.3, -0.25) is 14.2 Å². The smallest absolute Gasteiger partial charge is 0.294 e. The number of carbonyl (C=O) groups excluding carboxylic acids is 1. The summed E-state index contributed by atoms with van der Waals surface area (Å²) in [7, 11) is 0. The second-order valence-electron chi connectivity index (χ2n) is 7.85. The minimum Gasteiger partial charge on any atom is -0.356 e. The van der Waals surface area contributed by atoms with Gasteiger partial charge in [-0.2, -0.15) is 0 Å². The zero-order chi connectivity index (χ0) is 20.9. The fourth-order valence-corrected chi connectivity index (χ4v) is 4.05. The van der Waals surface area contributed by atoms with E-state index in [0.717, 1.165) is 42.4 Å². The second-order valence-corrected chi connectivity index (χ2v) is 7.85. The van der Waals surface area contributed by atoms with Crippen molar-refractivity contribution in [3.8, 4) is 0 Å². The summed E-state index contributed by atoms with van der Waals surface area (Å²) in [5.41, 5.74) is 2.65. The largest absolute Gasteiger partial charge is 0.356 e. The molecule has 0 unspecified atom stereocenters. The topological polar surface area (TPSA) is 67.2 Å². The predicted octanol–water partition coefficient (Wildman–Crippen LogP) is 3.19.